The molecular formula is C25H18FN3O3S3. The van der Waals surface area contributed by atoms with Gasteiger partial charge in [0, 0.05) is 16.2 Å². The van der Waals surface area contributed by atoms with Gasteiger partial charge in [-0.15, -0.1) is 21.5 Å². The molecule has 35 heavy (non-hydrogen) atoms. The SMILES string of the molecule is Cc1ccc(/C(O)=C2/C(=O)C(=O)N(c3nnc(SCc4ccc(F)cc4)s3)C2c2cccs2)cc1. The van der Waals surface area contributed by atoms with Crippen molar-refractivity contribution in [3.05, 3.63) is 99.0 Å². The Balaban J connectivity index is 1.49. The number of carbonyl (C=O) groups is 2. The lowest BCUT2D eigenvalue weighted by Crippen LogP contribution is -2.29. The number of nitrogens with zero attached hydrogens (tertiary/aromatic N) is 3. The van der Waals surface area contributed by atoms with Crippen LogP contribution in [0.5, 0.6) is 0 Å². The lowest BCUT2D eigenvalue weighted by atomic mass is 9.99. The first-order chi connectivity index (χ1) is 16.9. The molecule has 5 rings (SSSR count). The molecule has 0 saturated carbocycles. The van der Waals surface area contributed by atoms with Crippen molar-refractivity contribution in [2.75, 3.05) is 4.90 Å². The number of benzene rings is 2. The third kappa shape index (κ3) is 4.64. The second-order valence-electron chi connectivity index (χ2n) is 7.82. The predicted molar refractivity (Wildman–Crippen MR) is 136 cm³/mol. The fourth-order valence-corrected chi connectivity index (χ4v) is 6.34. The van der Waals surface area contributed by atoms with Crippen LogP contribution in [-0.2, 0) is 15.3 Å². The first-order valence-corrected chi connectivity index (χ1v) is 13.2. The number of halogens is 1. The highest BCUT2D eigenvalue weighted by atomic mass is 32.2. The minimum Gasteiger partial charge on any atom is -0.507 e. The van der Waals surface area contributed by atoms with Gasteiger partial charge in [-0.05, 0) is 36.1 Å². The monoisotopic (exact) mass is 523 g/mol. The molecule has 1 amide bonds. The van der Waals surface area contributed by atoms with Crippen LogP contribution in [0.2, 0.25) is 0 Å². The molecule has 1 saturated heterocycles. The summed E-state index contributed by atoms with van der Waals surface area (Å²) in [5, 5.41) is 21.6. The lowest BCUT2D eigenvalue weighted by molar-refractivity contribution is -0.132. The van der Waals surface area contributed by atoms with E-state index in [0.717, 1.165) is 16.0 Å². The maximum Gasteiger partial charge on any atom is 0.301 e. The fourth-order valence-electron chi connectivity index (χ4n) is 3.70. The molecule has 1 N–H and O–H groups in total. The van der Waals surface area contributed by atoms with E-state index >= 15 is 0 Å². The number of hydrogen-bond acceptors (Lipinski definition) is 8. The van der Waals surface area contributed by atoms with E-state index in [1.165, 1.54) is 51.5 Å². The van der Waals surface area contributed by atoms with E-state index in [2.05, 4.69) is 10.2 Å². The van der Waals surface area contributed by atoms with Crippen molar-refractivity contribution in [2.24, 2.45) is 0 Å². The number of thioether (sulfide) groups is 1. The number of aliphatic hydroxyl groups is 1. The normalized spacial score (nSPS) is 17.3. The second-order valence-corrected chi connectivity index (χ2v) is 11.0. The molecular weight excluding hydrogens is 505 g/mol. The van der Waals surface area contributed by atoms with Gasteiger partial charge in [0.25, 0.3) is 5.78 Å². The molecule has 0 spiro atoms. The summed E-state index contributed by atoms with van der Waals surface area (Å²) < 4.78 is 13.8. The average molecular weight is 524 g/mol. The molecule has 6 nitrogen and oxygen atoms in total. The highest BCUT2D eigenvalue weighted by Gasteiger charge is 2.48. The number of ketones is 1. The zero-order chi connectivity index (χ0) is 24.5. The molecule has 2 aromatic carbocycles. The predicted octanol–water partition coefficient (Wildman–Crippen LogP) is 5.97. The van der Waals surface area contributed by atoms with E-state index < -0.39 is 17.7 Å². The Morgan fingerprint density at radius 1 is 1.09 bits per heavy atom. The first kappa shape index (κ1) is 23.4. The number of amides is 1. The van der Waals surface area contributed by atoms with Crippen LogP contribution in [0.3, 0.4) is 0 Å². The Labute approximate surface area is 212 Å². The van der Waals surface area contributed by atoms with E-state index in [4.69, 9.17) is 0 Å². The highest BCUT2D eigenvalue weighted by molar-refractivity contribution is 8.00. The van der Waals surface area contributed by atoms with Gasteiger partial charge in [0.15, 0.2) is 4.34 Å². The van der Waals surface area contributed by atoms with Gasteiger partial charge in [0.2, 0.25) is 5.13 Å². The van der Waals surface area contributed by atoms with Gasteiger partial charge >= 0.3 is 5.91 Å². The molecule has 10 heteroatoms. The Bertz CT molecular complexity index is 1410. The molecule has 1 unspecified atom stereocenters. The topological polar surface area (TPSA) is 83.4 Å². The average Bonchev–Trinajstić information content (AvgIpc) is 3.60. The summed E-state index contributed by atoms with van der Waals surface area (Å²) in [4.78, 5) is 28.3. The van der Waals surface area contributed by atoms with E-state index in [1.807, 2.05) is 36.6 Å². The van der Waals surface area contributed by atoms with Crippen molar-refractivity contribution in [1.82, 2.24) is 10.2 Å². The van der Waals surface area contributed by atoms with Crippen molar-refractivity contribution < 1.29 is 19.1 Å². The summed E-state index contributed by atoms with van der Waals surface area (Å²) >= 11 is 3.98. The van der Waals surface area contributed by atoms with Crippen LogP contribution in [0.15, 0.2) is 76.0 Å². The van der Waals surface area contributed by atoms with E-state index in [0.29, 0.717) is 15.7 Å². The zero-order valence-electron chi connectivity index (χ0n) is 18.3. The highest BCUT2D eigenvalue weighted by Crippen LogP contribution is 2.45. The Morgan fingerprint density at radius 3 is 2.51 bits per heavy atom. The van der Waals surface area contributed by atoms with Gasteiger partial charge < -0.3 is 5.11 Å². The Morgan fingerprint density at radius 2 is 1.83 bits per heavy atom. The standard InChI is InChI=1S/C25H18FN3O3S3/c1-14-4-8-16(9-5-14)21(30)19-20(18-3-2-12-33-18)29(23(32)22(19)31)24-27-28-25(35-24)34-13-15-6-10-17(26)11-7-15/h2-12,20,30H,13H2,1H3/b21-19-. The molecule has 1 fully saturated rings. The maximum atomic E-state index is 13.2. The van der Waals surface area contributed by atoms with Crippen molar-refractivity contribution in [2.45, 2.75) is 23.1 Å². The van der Waals surface area contributed by atoms with Crippen LogP contribution in [0.25, 0.3) is 5.76 Å². The van der Waals surface area contributed by atoms with Gasteiger partial charge in [-0.1, -0.05) is 71.1 Å². The largest absolute Gasteiger partial charge is 0.507 e. The smallest absolute Gasteiger partial charge is 0.301 e. The second kappa shape index (κ2) is 9.73. The molecule has 0 bridgehead atoms. The van der Waals surface area contributed by atoms with Gasteiger partial charge in [-0.25, -0.2) is 4.39 Å². The number of aromatic nitrogens is 2. The minimum atomic E-state index is -0.806. The summed E-state index contributed by atoms with van der Waals surface area (Å²) in [6.45, 7) is 1.93. The van der Waals surface area contributed by atoms with Gasteiger partial charge in [0.1, 0.15) is 17.6 Å². The summed E-state index contributed by atoms with van der Waals surface area (Å²) in [5.41, 5.74) is 2.42. The molecule has 4 aromatic rings. The van der Waals surface area contributed by atoms with Crippen molar-refractivity contribution >= 4 is 57.0 Å². The van der Waals surface area contributed by atoms with Crippen molar-refractivity contribution in [3.8, 4) is 0 Å². The minimum absolute atomic E-state index is 0.0250. The number of thiophene rings is 1. The number of rotatable bonds is 6. The number of Topliss-reactive ketones (excluding diaryl/α,β-unsaturated/α-hetero) is 1. The molecule has 2 aromatic heterocycles. The molecule has 1 aliphatic rings. The molecule has 0 radical (unpaired) electrons. The summed E-state index contributed by atoms with van der Waals surface area (Å²) in [5.74, 6) is -1.50. The Kier molecular flexibility index (Phi) is 6.50. The number of aliphatic hydroxyl groups excluding tert-OH is 1. The number of carbonyl (C=O) groups excluding carboxylic acids is 2. The van der Waals surface area contributed by atoms with Crippen LogP contribution in [0, 0.1) is 12.7 Å². The van der Waals surface area contributed by atoms with Crippen LogP contribution in [0.4, 0.5) is 9.52 Å². The molecule has 1 aliphatic heterocycles. The molecule has 176 valence electrons. The van der Waals surface area contributed by atoms with Gasteiger partial charge in [-0.3, -0.25) is 14.5 Å². The number of hydrogen-bond donors (Lipinski definition) is 1. The third-order valence-corrected chi connectivity index (χ3v) is 8.51. The van der Waals surface area contributed by atoms with Gasteiger partial charge in [-0.2, -0.15) is 0 Å². The van der Waals surface area contributed by atoms with E-state index in [-0.39, 0.29) is 22.3 Å². The van der Waals surface area contributed by atoms with E-state index in [1.54, 1.807) is 24.3 Å². The quantitative estimate of drug-likeness (QED) is 0.110. The number of aryl methyl sites for hydroxylation is 1. The van der Waals surface area contributed by atoms with Crippen LogP contribution >= 0.6 is 34.4 Å². The lowest BCUT2D eigenvalue weighted by Gasteiger charge is -2.20. The van der Waals surface area contributed by atoms with Crippen LogP contribution in [-0.4, -0.2) is 27.0 Å². The zero-order valence-corrected chi connectivity index (χ0v) is 20.8. The molecule has 0 aliphatic carbocycles. The van der Waals surface area contributed by atoms with Crippen molar-refractivity contribution in [3.63, 3.8) is 0 Å². The first-order valence-electron chi connectivity index (χ1n) is 10.5. The van der Waals surface area contributed by atoms with Crippen LogP contribution < -0.4 is 4.90 Å². The number of anilines is 1. The van der Waals surface area contributed by atoms with Gasteiger partial charge in [0.05, 0.1) is 5.57 Å². The third-order valence-electron chi connectivity index (χ3n) is 5.46. The van der Waals surface area contributed by atoms with Crippen molar-refractivity contribution in [1.29, 1.82) is 0 Å². The van der Waals surface area contributed by atoms with E-state index in [9.17, 15) is 19.1 Å². The molecule has 1 atom stereocenters. The summed E-state index contributed by atoms with van der Waals surface area (Å²) in [6, 6.07) is 16.1. The maximum absolute atomic E-state index is 13.2. The van der Waals surface area contributed by atoms with Crippen LogP contribution in [0.1, 0.15) is 27.6 Å². The Hall–Kier alpha value is -3.34. The summed E-state index contributed by atoms with van der Waals surface area (Å²) in [6.07, 6.45) is 0. The fraction of sp³-hybridized carbons (Fsp3) is 0.120. The molecule has 3 heterocycles. The summed E-state index contributed by atoms with van der Waals surface area (Å²) in [7, 11) is 0.